The SMILES string of the molecule is Cc1cc(Cl)cc(C(=O)NCc2ccccc2F)c1NC(=O)c1cc(Cn2nnc(C(F)(F)F)n2)nn1-c1ncccc1Cl. The zero-order valence-corrected chi connectivity index (χ0v) is 23.9. The lowest BCUT2D eigenvalue weighted by Gasteiger charge is -2.15. The molecular weight excluding hydrogens is 629 g/mol. The van der Waals surface area contributed by atoms with Crippen molar-refractivity contribution >= 4 is 40.7 Å². The van der Waals surface area contributed by atoms with Crippen molar-refractivity contribution in [3.63, 3.8) is 0 Å². The number of aryl methyl sites for hydroxylation is 1. The molecular formula is C27H19Cl2F4N9O2. The molecule has 2 aromatic carbocycles. The highest BCUT2D eigenvalue weighted by atomic mass is 35.5. The molecule has 0 radical (unpaired) electrons. The van der Waals surface area contributed by atoms with Crippen LogP contribution in [0.5, 0.6) is 0 Å². The molecule has 0 saturated carbocycles. The lowest BCUT2D eigenvalue weighted by atomic mass is 10.1. The lowest BCUT2D eigenvalue weighted by molar-refractivity contribution is -0.145. The summed E-state index contributed by atoms with van der Waals surface area (Å²) in [4.78, 5) is 31.7. The van der Waals surface area contributed by atoms with Crippen LogP contribution in [0, 0.1) is 12.7 Å². The normalized spacial score (nSPS) is 11.4. The molecule has 3 aromatic heterocycles. The molecule has 2 N–H and O–H groups in total. The van der Waals surface area contributed by atoms with Gasteiger partial charge in [-0.15, -0.1) is 10.2 Å². The molecule has 11 nitrogen and oxygen atoms in total. The zero-order valence-electron chi connectivity index (χ0n) is 22.4. The highest BCUT2D eigenvalue weighted by Gasteiger charge is 2.37. The number of halogens is 6. The van der Waals surface area contributed by atoms with Crippen molar-refractivity contribution in [1.82, 2.24) is 40.3 Å². The van der Waals surface area contributed by atoms with E-state index in [1.807, 2.05) is 0 Å². The Kier molecular flexibility index (Phi) is 8.60. The fraction of sp³-hybridized carbons (Fsp3) is 0.148. The van der Waals surface area contributed by atoms with E-state index in [1.165, 1.54) is 48.7 Å². The number of rotatable bonds is 8. The predicted octanol–water partition coefficient (Wildman–Crippen LogP) is 5.26. The minimum Gasteiger partial charge on any atom is -0.348 e. The van der Waals surface area contributed by atoms with Gasteiger partial charge in [0.15, 0.2) is 5.82 Å². The number of carbonyl (C=O) groups excluding carboxylic acids is 2. The van der Waals surface area contributed by atoms with Crippen molar-refractivity contribution in [2.75, 3.05) is 5.32 Å². The molecule has 17 heteroatoms. The zero-order chi connectivity index (χ0) is 31.6. The van der Waals surface area contributed by atoms with Crippen LogP contribution in [-0.4, -0.2) is 46.8 Å². The first-order valence-corrected chi connectivity index (χ1v) is 13.3. The van der Waals surface area contributed by atoms with E-state index in [1.54, 1.807) is 19.1 Å². The summed E-state index contributed by atoms with van der Waals surface area (Å²) in [5.74, 6) is -3.32. The fourth-order valence-corrected chi connectivity index (χ4v) is 4.58. The van der Waals surface area contributed by atoms with Gasteiger partial charge in [-0.1, -0.05) is 41.4 Å². The third kappa shape index (κ3) is 6.68. The van der Waals surface area contributed by atoms with E-state index in [4.69, 9.17) is 23.2 Å². The Hall–Kier alpha value is -4.89. The van der Waals surface area contributed by atoms with Crippen molar-refractivity contribution in [3.8, 4) is 5.82 Å². The van der Waals surface area contributed by atoms with E-state index in [0.717, 1.165) is 4.68 Å². The minimum atomic E-state index is -4.81. The summed E-state index contributed by atoms with van der Waals surface area (Å²) in [6.07, 6.45) is -3.40. The molecule has 2 amide bonds. The number of hydrogen-bond donors (Lipinski definition) is 2. The molecule has 226 valence electrons. The standard InChI is InChI=1S/C27H19Cl2F4N9O2/c1-14-9-16(28)10-18(24(43)35-12-15-5-2-3-7-20(15)30)22(14)36-25(44)21-11-17(13-41-39-26(37-40-41)27(31,32)33)38-42(21)23-19(29)6-4-8-34-23/h2-11H,12-13H2,1H3,(H,35,43)(H,36,44). The second-order valence-corrected chi connectivity index (χ2v) is 10.1. The van der Waals surface area contributed by atoms with E-state index in [-0.39, 0.29) is 57.2 Å². The number of carbonyl (C=O) groups is 2. The largest absolute Gasteiger partial charge is 0.455 e. The Labute approximate surface area is 255 Å². The van der Waals surface area contributed by atoms with Gasteiger partial charge in [0.05, 0.1) is 22.0 Å². The topological polar surface area (TPSA) is 133 Å². The first kappa shape index (κ1) is 30.6. The van der Waals surface area contributed by atoms with Crippen LogP contribution >= 0.6 is 23.2 Å². The maximum atomic E-state index is 14.1. The van der Waals surface area contributed by atoms with Crippen LogP contribution in [-0.2, 0) is 19.3 Å². The second-order valence-electron chi connectivity index (χ2n) is 9.26. The van der Waals surface area contributed by atoms with Gasteiger partial charge in [0.1, 0.15) is 18.1 Å². The van der Waals surface area contributed by atoms with E-state index < -0.39 is 29.6 Å². The van der Waals surface area contributed by atoms with Crippen molar-refractivity contribution < 1.29 is 27.2 Å². The van der Waals surface area contributed by atoms with E-state index in [2.05, 4.69) is 36.1 Å². The van der Waals surface area contributed by atoms with Crippen LogP contribution < -0.4 is 10.6 Å². The summed E-state index contributed by atoms with van der Waals surface area (Å²) in [6, 6.07) is 13.1. The van der Waals surface area contributed by atoms with E-state index in [9.17, 15) is 27.2 Å². The van der Waals surface area contributed by atoms with Gasteiger partial charge in [0.2, 0.25) is 0 Å². The third-order valence-corrected chi connectivity index (χ3v) is 6.64. The van der Waals surface area contributed by atoms with Crippen LogP contribution in [0.1, 0.15) is 43.5 Å². The summed E-state index contributed by atoms with van der Waals surface area (Å²) >= 11 is 12.5. The van der Waals surface area contributed by atoms with Crippen molar-refractivity contribution in [2.24, 2.45) is 0 Å². The molecule has 0 fully saturated rings. The molecule has 0 spiro atoms. The Morgan fingerprint density at radius 1 is 1.00 bits per heavy atom. The van der Waals surface area contributed by atoms with Crippen molar-refractivity contribution in [1.29, 1.82) is 0 Å². The van der Waals surface area contributed by atoms with Gasteiger partial charge in [-0.25, -0.2) is 14.1 Å². The second kappa shape index (κ2) is 12.4. The number of tetrazole rings is 1. The molecule has 0 bridgehead atoms. The molecule has 0 atom stereocenters. The predicted molar refractivity (Wildman–Crippen MR) is 150 cm³/mol. The number of nitrogens with one attached hydrogen (secondary N) is 2. The number of aromatic nitrogens is 7. The summed E-state index contributed by atoms with van der Waals surface area (Å²) in [6.45, 7) is 1.09. The molecule has 0 saturated heterocycles. The summed E-state index contributed by atoms with van der Waals surface area (Å²) in [7, 11) is 0. The summed E-state index contributed by atoms with van der Waals surface area (Å²) in [5, 5.41) is 19.6. The average molecular weight is 648 g/mol. The Bertz CT molecular complexity index is 1870. The van der Waals surface area contributed by atoms with Crippen LogP contribution in [0.2, 0.25) is 10.0 Å². The quantitative estimate of drug-likeness (QED) is 0.220. The van der Waals surface area contributed by atoms with Crippen molar-refractivity contribution in [2.45, 2.75) is 26.2 Å². The third-order valence-electron chi connectivity index (χ3n) is 6.12. The van der Waals surface area contributed by atoms with Gasteiger partial charge in [-0.05, 0) is 54.1 Å². The van der Waals surface area contributed by atoms with Crippen LogP contribution in [0.15, 0.2) is 60.8 Å². The highest BCUT2D eigenvalue weighted by Crippen LogP contribution is 2.28. The summed E-state index contributed by atoms with van der Waals surface area (Å²) in [5.41, 5.74) is 0.698. The number of pyridine rings is 1. The molecule has 5 rings (SSSR count). The van der Waals surface area contributed by atoms with Crippen LogP contribution in [0.3, 0.4) is 0 Å². The Morgan fingerprint density at radius 3 is 2.48 bits per heavy atom. The summed E-state index contributed by atoms with van der Waals surface area (Å²) < 4.78 is 54.1. The van der Waals surface area contributed by atoms with Crippen LogP contribution in [0.4, 0.5) is 23.2 Å². The van der Waals surface area contributed by atoms with Crippen LogP contribution in [0.25, 0.3) is 5.82 Å². The molecule has 0 aliphatic carbocycles. The smallest absolute Gasteiger partial charge is 0.348 e. The van der Waals surface area contributed by atoms with Crippen molar-refractivity contribution in [3.05, 3.63) is 111 Å². The van der Waals surface area contributed by atoms with Gasteiger partial charge in [-0.3, -0.25) is 9.59 Å². The number of hydrogen-bond acceptors (Lipinski definition) is 7. The molecule has 0 aliphatic rings. The average Bonchev–Trinajstić information content (AvgIpc) is 3.62. The van der Waals surface area contributed by atoms with E-state index in [0.29, 0.717) is 10.4 Å². The van der Waals surface area contributed by atoms with Gasteiger partial charge >= 0.3 is 6.18 Å². The Balaban J connectivity index is 1.47. The maximum Gasteiger partial charge on any atom is 0.455 e. The number of alkyl halides is 3. The number of benzene rings is 2. The first-order chi connectivity index (χ1) is 20.9. The monoisotopic (exact) mass is 647 g/mol. The van der Waals surface area contributed by atoms with E-state index >= 15 is 0 Å². The first-order valence-electron chi connectivity index (χ1n) is 12.6. The number of nitrogens with zero attached hydrogens (tertiary/aromatic N) is 7. The van der Waals surface area contributed by atoms with Gasteiger partial charge < -0.3 is 10.6 Å². The number of amides is 2. The maximum absolute atomic E-state index is 14.1. The van der Waals surface area contributed by atoms with Gasteiger partial charge in [0, 0.05) is 23.3 Å². The molecule has 0 unspecified atom stereocenters. The highest BCUT2D eigenvalue weighted by molar-refractivity contribution is 6.32. The molecule has 0 aliphatic heterocycles. The molecule has 44 heavy (non-hydrogen) atoms. The fourth-order valence-electron chi connectivity index (χ4n) is 4.11. The minimum absolute atomic E-state index is 0.00616. The Morgan fingerprint density at radius 2 is 1.77 bits per heavy atom. The lowest BCUT2D eigenvalue weighted by Crippen LogP contribution is -2.26. The van der Waals surface area contributed by atoms with Gasteiger partial charge in [-0.2, -0.15) is 23.1 Å². The number of anilines is 1. The molecule has 3 heterocycles. The van der Waals surface area contributed by atoms with Gasteiger partial charge in [0.25, 0.3) is 17.6 Å². The molecule has 5 aromatic rings.